The number of carbonyl (C=O) groups is 3. The van der Waals surface area contributed by atoms with E-state index >= 15 is 0 Å². The maximum absolute atomic E-state index is 14.8. The van der Waals surface area contributed by atoms with Gasteiger partial charge in [-0.2, -0.15) is 0 Å². The lowest BCUT2D eigenvalue weighted by Crippen LogP contribution is -2.65. The van der Waals surface area contributed by atoms with E-state index in [0.29, 0.717) is 58.9 Å². The van der Waals surface area contributed by atoms with Crippen molar-refractivity contribution in [3.05, 3.63) is 108 Å². The van der Waals surface area contributed by atoms with Crippen molar-refractivity contribution in [2.24, 2.45) is 0 Å². The molecule has 7 unspecified atom stereocenters. The molecule has 2 heterocycles. The van der Waals surface area contributed by atoms with E-state index in [2.05, 4.69) is 27.7 Å². The lowest BCUT2D eigenvalue weighted by molar-refractivity contribution is -0.357. The van der Waals surface area contributed by atoms with Crippen molar-refractivity contribution in [3.8, 4) is 0 Å². The van der Waals surface area contributed by atoms with Gasteiger partial charge < -0.3 is 101 Å². The number of hydrogen-bond acceptors (Lipinski definition) is 24. The minimum Gasteiger partial charge on any atom is -0.452 e. The monoisotopic (exact) mass is 1460 g/mol. The summed E-state index contributed by atoms with van der Waals surface area (Å²) in [7, 11) is 0. The van der Waals surface area contributed by atoms with Gasteiger partial charge in [-0.05, 0) is 102 Å². The number of esters is 3. The van der Waals surface area contributed by atoms with E-state index in [1.54, 1.807) is 66.7 Å². The fraction of sp³-hybridized carbons (Fsp3) is 0.734. The zero-order valence-electron chi connectivity index (χ0n) is 63.2. The Hall–Kier alpha value is -4.65. The van der Waals surface area contributed by atoms with Crippen molar-refractivity contribution in [1.29, 1.82) is 0 Å². The van der Waals surface area contributed by atoms with Gasteiger partial charge >= 0.3 is 17.9 Å². The van der Waals surface area contributed by atoms with Crippen LogP contribution in [0.1, 0.15) is 203 Å². The minimum atomic E-state index is -1.79. The Bertz CT molecular complexity index is 2610. The van der Waals surface area contributed by atoms with E-state index in [0.717, 1.165) is 83.5 Å². The first kappa shape index (κ1) is 89.0. The van der Waals surface area contributed by atoms with Crippen LogP contribution in [0.4, 0.5) is 0 Å². The maximum Gasteiger partial charge on any atom is 0.338 e. The fourth-order valence-electron chi connectivity index (χ4n) is 11.0. The number of carbonyl (C=O) groups excluding carboxylic acids is 3. The predicted octanol–water partition coefficient (Wildman–Crippen LogP) is 11.7. The third kappa shape index (κ3) is 32.4. The van der Waals surface area contributed by atoms with Crippen LogP contribution in [-0.4, -0.2) is 236 Å². The summed E-state index contributed by atoms with van der Waals surface area (Å²) < 4.78 is 118. The molecule has 18 atom stereocenters. The Balaban J connectivity index is 1.71. The molecule has 24 nitrogen and oxygen atoms in total. The molecule has 103 heavy (non-hydrogen) atoms. The third-order valence-electron chi connectivity index (χ3n) is 17.5. The van der Waals surface area contributed by atoms with Crippen molar-refractivity contribution in [3.63, 3.8) is 0 Å². The normalized spacial score (nSPS) is 23.0. The molecular formula is C79H126O24. The van der Waals surface area contributed by atoms with E-state index in [4.69, 9.17) is 85.3 Å². The average molecular weight is 1460 g/mol. The van der Waals surface area contributed by atoms with Gasteiger partial charge in [-0.1, -0.05) is 161 Å². The zero-order valence-corrected chi connectivity index (χ0v) is 63.2. The van der Waals surface area contributed by atoms with Crippen LogP contribution in [0.2, 0.25) is 0 Å². The Morgan fingerprint density at radius 3 is 1.20 bits per heavy atom. The Morgan fingerprint density at radius 1 is 0.388 bits per heavy atom. The SMILES string of the molecule is CCCCOCC(O[C@H](OC1[C@H](OCCCC)C(CO[C@H]2OC(CO[C@@H](OC(COCCCC)[C@H](C)OCCCC)[C@H](O)COCCCC)[C@@H](OC(=O)c3ccccc3)C(OC(=O)c3ccccc3)C2OC(=O)c2ccccc2)O[C@@H](O)[C@@H]1OCCCC)[C@H](O)COCCCC)[C@H](C)OCCCC. The highest BCUT2D eigenvalue weighted by Gasteiger charge is 2.56. The average Bonchev–Trinajstić information content (AvgIpc) is 0.778. The van der Waals surface area contributed by atoms with Gasteiger partial charge in [0.2, 0.25) is 0 Å². The second kappa shape index (κ2) is 53.2. The number of hydrogen-bond donors (Lipinski definition) is 3. The highest BCUT2D eigenvalue weighted by Crippen LogP contribution is 2.36. The molecule has 3 aromatic rings. The molecule has 0 bridgehead atoms. The maximum atomic E-state index is 14.8. The van der Waals surface area contributed by atoms with E-state index in [-0.39, 0.29) is 56.3 Å². The molecule has 3 N–H and O–H groups in total. The van der Waals surface area contributed by atoms with Gasteiger partial charge in [-0.25, -0.2) is 14.4 Å². The molecule has 2 aliphatic heterocycles. The van der Waals surface area contributed by atoms with Crippen LogP contribution in [0.3, 0.4) is 0 Å². The summed E-state index contributed by atoms with van der Waals surface area (Å²) in [5, 5.41) is 36.9. The van der Waals surface area contributed by atoms with Crippen molar-refractivity contribution in [2.45, 2.75) is 283 Å². The molecule has 24 heteroatoms. The standard InChI is InChI=1S/C79H126O24/c1-11-19-42-86-50-61(80)77(97-63(52-88-44-21-13-3)56(9)90-46-23-15-5)94-55-66-68(100-73(82)58-36-30-27-31-37-58)70(101-74(83)59-38-32-28-33-39-59)72(102-75(84)60-40-34-29-35-41-60)79(99-66)95-54-65-67(92-48-25-17-7)69(71(76(85)96-65)93-49-26-18-8)103-78(62(81)51-87-43-20-12-2)98-64(53-89-45-22-14-4)57(10)91-47-24-16-6/h27-41,56-57,61-72,76-81,85H,11-26,42-55H2,1-10H3/t56-,57-,61+,62+,63?,64?,65?,66?,67+,68+,69?,70?,71+,72?,76+,77-,78+,79-/m0/s1. The van der Waals surface area contributed by atoms with Crippen LogP contribution in [0.15, 0.2) is 91.0 Å². The van der Waals surface area contributed by atoms with Gasteiger partial charge in [-0.3, -0.25) is 0 Å². The molecule has 0 radical (unpaired) electrons. The number of unbranched alkanes of at least 4 members (excludes halogenated alkanes) is 8. The molecule has 0 amide bonds. The number of aliphatic hydroxyl groups excluding tert-OH is 3. The first-order valence-corrected chi connectivity index (χ1v) is 38.3. The first-order chi connectivity index (χ1) is 50.2. The summed E-state index contributed by atoms with van der Waals surface area (Å²) in [5.41, 5.74) is 0.299. The highest BCUT2D eigenvalue weighted by atomic mass is 16.8. The van der Waals surface area contributed by atoms with Crippen molar-refractivity contribution in [1.82, 2.24) is 0 Å². The summed E-state index contributed by atoms with van der Waals surface area (Å²) in [6.07, 6.45) is -11.3. The van der Waals surface area contributed by atoms with Crippen molar-refractivity contribution in [2.75, 3.05) is 92.5 Å². The molecule has 0 spiro atoms. The molecule has 2 aliphatic rings. The van der Waals surface area contributed by atoms with Gasteiger partial charge in [0.1, 0.15) is 54.9 Å². The molecule has 586 valence electrons. The van der Waals surface area contributed by atoms with E-state index in [1.165, 1.54) is 24.3 Å². The molecule has 0 saturated carbocycles. The van der Waals surface area contributed by atoms with Gasteiger partial charge in [-0.15, -0.1) is 0 Å². The summed E-state index contributed by atoms with van der Waals surface area (Å²) >= 11 is 0. The summed E-state index contributed by atoms with van der Waals surface area (Å²) in [6.45, 7) is 21.5. The fourth-order valence-corrected chi connectivity index (χ4v) is 11.0. The van der Waals surface area contributed by atoms with E-state index in [9.17, 15) is 29.7 Å². The number of rotatable bonds is 58. The van der Waals surface area contributed by atoms with E-state index in [1.807, 2.05) is 41.5 Å². The van der Waals surface area contributed by atoms with Crippen LogP contribution in [0.25, 0.3) is 0 Å². The lowest BCUT2D eigenvalue weighted by Gasteiger charge is -2.47. The number of ether oxygens (including phenoxy) is 18. The quantitative estimate of drug-likeness (QED) is 0.0205. The van der Waals surface area contributed by atoms with Crippen molar-refractivity contribution < 1.29 is 115 Å². The second-order valence-corrected chi connectivity index (χ2v) is 26.3. The van der Waals surface area contributed by atoms with Crippen molar-refractivity contribution >= 4 is 17.9 Å². The minimum absolute atomic E-state index is 0.0674. The topological polar surface area (TPSA) is 278 Å². The molecule has 0 aromatic heterocycles. The Labute approximate surface area is 613 Å². The van der Waals surface area contributed by atoms with Gasteiger partial charge in [0.05, 0.1) is 68.5 Å². The number of benzene rings is 3. The Kier molecular flexibility index (Phi) is 45.9. The second-order valence-electron chi connectivity index (χ2n) is 26.3. The molecule has 2 saturated heterocycles. The van der Waals surface area contributed by atoms with Crippen LogP contribution >= 0.6 is 0 Å². The number of aliphatic hydroxyl groups is 3. The van der Waals surface area contributed by atoms with Crippen LogP contribution < -0.4 is 0 Å². The molecule has 3 aromatic carbocycles. The predicted molar refractivity (Wildman–Crippen MR) is 385 cm³/mol. The van der Waals surface area contributed by atoms with Crippen LogP contribution in [0, 0.1) is 0 Å². The molecule has 0 aliphatic carbocycles. The lowest BCUT2D eigenvalue weighted by atomic mass is 9.96. The van der Waals surface area contributed by atoms with Crippen LogP contribution in [0.5, 0.6) is 0 Å². The third-order valence-corrected chi connectivity index (χ3v) is 17.5. The zero-order chi connectivity index (χ0) is 74.4. The molecular weight excluding hydrogens is 1330 g/mol. The van der Waals surface area contributed by atoms with Gasteiger partial charge in [0, 0.05) is 52.9 Å². The van der Waals surface area contributed by atoms with Crippen LogP contribution in [-0.2, 0) is 85.3 Å². The molecule has 5 rings (SSSR count). The summed E-state index contributed by atoms with van der Waals surface area (Å²) in [6, 6.07) is 24.3. The largest absolute Gasteiger partial charge is 0.452 e. The van der Waals surface area contributed by atoms with Gasteiger partial charge in [0.25, 0.3) is 0 Å². The highest BCUT2D eigenvalue weighted by molar-refractivity contribution is 5.91. The van der Waals surface area contributed by atoms with E-state index < -0.39 is 142 Å². The Morgan fingerprint density at radius 2 is 0.757 bits per heavy atom. The summed E-state index contributed by atoms with van der Waals surface area (Å²) in [4.78, 5) is 44.3. The van der Waals surface area contributed by atoms with Gasteiger partial charge in [0.15, 0.2) is 43.5 Å². The smallest absolute Gasteiger partial charge is 0.338 e. The first-order valence-electron chi connectivity index (χ1n) is 38.3. The molecule has 2 fully saturated rings. The summed E-state index contributed by atoms with van der Waals surface area (Å²) in [5.74, 6) is -2.68.